The number of hydrogen-bond donors (Lipinski definition) is 1. The van der Waals surface area contributed by atoms with Gasteiger partial charge in [-0.15, -0.1) is 0 Å². The monoisotopic (exact) mass is 320 g/mol. The third kappa shape index (κ3) is 2.12. The van der Waals surface area contributed by atoms with E-state index in [4.69, 9.17) is 4.52 Å². The van der Waals surface area contributed by atoms with E-state index in [0.717, 1.165) is 5.69 Å². The van der Waals surface area contributed by atoms with Crippen LogP contribution in [-0.4, -0.2) is 24.8 Å². The number of halogens is 1. The van der Waals surface area contributed by atoms with E-state index < -0.39 is 0 Å². The SMILES string of the molecule is Cn1cncc1-c1noc(-c2ccc(Br)c(O)c2)n1. The smallest absolute Gasteiger partial charge is 0.258 e. The van der Waals surface area contributed by atoms with E-state index in [-0.39, 0.29) is 5.75 Å². The van der Waals surface area contributed by atoms with Crippen molar-refractivity contribution in [3.8, 4) is 28.7 Å². The van der Waals surface area contributed by atoms with Crippen LogP contribution in [0.2, 0.25) is 0 Å². The number of hydrogen-bond acceptors (Lipinski definition) is 5. The molecule has 0 aliphatic carbocycles. The Balaban J connectivity index is 2.01. The molecule has 0 amide bonds. The first-order chi connectivity index (χ1) is 9.15. The summed E-state index contributed by atoms with van der Waals surface area (Å²) in [7, 11) is 1.85. The average Bonchev–Trinajstić information content (AvgIpc) is 3.01. The number of rotatable bonds is 2. The Hall–Kier alpha value is -2.15. The van der Waals surface area contributed by atoms with Crippen LogP contribution >= 0.6 is 15.9 Å². The van der Waals surface area contributed by atoms with Crippen molar-refractivity contribution in [2.24, 2.45) is 7.05 Å². The van der Waals surface area contributed by atoms with Crippen molar-refractivity contribution in [1.29, 1.82) is 0 Å². The molecule has 2 heterocycles. The molecule has 0 bridgehead atoms. The summed E-state index contributed by atoms with van der Waals surface area (Å²) in [4.78, 5) is 8.29. The third-order valence-electron chi connectivity index (χ3n) is 2.66. The van der Waals surface area contributed by atoms with Crippen LogP contribution in [0.15, 0.2) is 39.7 Å². The molecule has 0 saturated carbocycles. The van der Waals surface area contributed by atoms with E-state index in [1.54, 1.807) is 35.3 Å². The van der Waals surface area contributed by atoms with Gasteiger partial charge in [-0.2, -0.15) is 4.98 Å². The maximum atomic E-state index is 9.65. The topological polar surface area (TPSA) is 77.0 Å². The summed E-state index contributed by atoms with van der Waals surface area (Å²) in [6.07, 6.45) is 3.32. The van der Waals surface area contributed by atoms with Gasteiger partial charge in [-0.05, 0) is 34.1 Å². The van der Waals surface area contributed by atoms with Crippen molar-refractivity contribution in [2.45, 2.75) is 0 Å². The molecule has 0 saturated heterocycles. The largest absolute Gasteiger partial charge is 0.507 e. The molecule has 3 aromatic rings. The van der Waals surface area contributed by atoms with Gasteiger partial charge >= 0.3 is 0 Å². The molecule has 19 heavy (non-hydrogen) atoms. The van der Waals surface area contributed by atoms with Gasteiger partial charge < -0.3 is 14.2 Å². The lowest BCUT2D eigenvalue weighted by Gasteiger charge is -1.98. The van der Waals surface area contributed by atoms with Crippen molar-refractivity contribution < 1.29 is 9.63 Å². The molecule has 0 radical (unpaired) electrons. The highest BCUT2D eigenvalue weighted by Gasteiger charge is 2.13. The Morgan fingerprint density at radius 3 is 2.89 bits per heavy atom. The lowest BCUT2D eigenvalue weighted by molar-refractivity contribution is 0.431. The van der Waals surface area contributed by atoms with Gasteiger partial charge in [0.05, 0.1) is 17.0 Å². The van der Waals surface area contributed by atoms with E-state index in [2.05, 4.69) is 31.1 Å². The standard InChI is InChI=1S/C12H9BrN4O2/c1-17-6-14-5-9(17)11-15-12(19-16-11)7-2-3-8(13)10(18)4-7/h2-6,18H,1H3. The van der Waals surface area contributed by atoms with E-state index in [1.165, 1.54) is 0 Å². The fraction of sp³-hybridized carbons (Fsp3) is 0.0833. The zero-order chi connectivity index (χ0) is 13.4. The van der Waals surface area contributed by atoms with Gasteiger partial charge in [0.15, 0.2) is 0 Å². The summed E-state index contributed by atoms with van der Waals surface area (Å²) in [6, 6.07) is 5.06. The van der Waals surface area contributed by atoms with Crippen molar-refractivity contribution in [3.63, 3.8) is 0 Å². The predicted molar refractivity (Wildman–Crippen MR) is 71.3 cm³/mol. The van der Waals surface area contributed by atoms with E-state index >= 15 is 0 Å². The third-order valence-corrected chi connectivity index (χ3v) is 3.34. The number of phenols is 1. The normalized spacial score (nSPS) is 10.8. The molecule has 0 spiro atoms. The van der Waals surface area contributed by atoms with E-state index in [9.17, 15) is 5.11 Å². The molecular weight excluding hydrogens is 312 g/mol. The number of phenolic OH excluding ortho intramolecular Hbond substituents is 1. The minimum Gasteiger partial charge on any atom is -0.507 e. The quantitative estimate of drug-likeness (QED) is 0.785. The first-order valence-corrected chi connectivity index (χ1v) is 6.24. The second kappa shape index (κ2) is 4.51. The Morgan fingerprint density at radius 2 is 2.21 bits per heavy atom. The van der Waals surface area contributed by atoms with Crippen LogP contribution in [0.3, 0.4) is 0 Å². The van der Waals surface area contributed by atoms with Crippen molar-refractivity contribution in [1.82, 2.24) is 19.7 Å². The van der Waals surface area contributed by atoms with Gasteiger partial charge in [-0.1, -0.05) is 5.16 Å². The van der Waals surface area contributed by atoms with Gasteiger partial charge in [-0.25, -0.2) is 4.98 Å². The fourth-order valence-corrected chi connectivity index (χ4v) is 1.91. The first kappa shape index (κ1) is 11.9. The van der Waals surface area contributed by atoms with Gasteiger partial charge in [0.25, 0.3) is 5.89 Å². The zero-order valence-electron chi connectivity index (χ0n) is 9.91. The minimum absolute atomic E-state index is 0.123. The molecule has 6 nitrogen and oxygen atoms in total. The highest BCUT2D eigenvalue weighted by atomic mass is 79.9. The van der Waals surface area contributed by atoms with Crippen LogP contribution < -0.4 is 0 Å². The van der Waals surface area contributed by atoms with Crippen LogP contribution in [0.5, 0.6) is 5.75 Å². The van der Waals surface area contributed by atoms with Gasteiger partial charge in [0.1, 0.15) is 11.4 Å². The van der Waals surface area contributed by atoms with Gasteiger partial charge in [-0.3, -0.25) is 0 Å². The highest BCUT2D eigenvalue weighted by molar-refractivity contribution is 9.10. The maximum absolute atomic E-state index is 9.65. The van der Waals surface area contributed by atoms with Crippen LogP contribution in [0.4, 0.5) is 0 Å². The molecule has 96 valence electrons. The molecule has 0 fully saturated rings. The van der Waals surface area contributed by atoms with Crippen LogP contribution in [-0.2, 0) is 7.05 Å². The van der Waals surface area contributed by atoms with Gasteiger partial charge in [0, 0.05) is 12.6 Å². The first-order valence-electron chi connectivity index (χ1n) is 5.44. The number of imidazole rings is 1. The number of aromatic nitrogens is 4. The van der Waals surface area contributed by atoms with Crippen LogP contribution in [0, 0.1) is 0 Å². The molecule has 0 aliphatic heterocycles. The van der Waals surface area contributed by atoms with Crippen LogP contribution in [0.25, 0.3) is 23.0 Å². The summed E-state index contributed by atoms with van der Waals surface area (Å²) in [5.74, 6) is 0.925. The number of aromatic hydroxyl groups is 1. The minimum atomic E-state index is 0.123. The lowest BCUT2D eigenvalue weighted by atomic mass is 10.2. The molecule has 7 heteroatoms. The van der Waals surface area contributed by atoms with Crippen molar-refractivity contribution >= 4 is 15.9 Å². The summed E-state index contributed by atoms with van der Waals surface area (Å²) >= 11 is 3.22. The number of aryl methyl sites for hydroxylation is 1. The highest BCUT2D eigenvalue weighted by Crippen LogP contribution is 2.29. The molecule has 3 rings (SSSR count). The molecule has 0 atom stereocenters. The Kier molecular flexibility index (Phi) is 2.83. The summed E-state index contributed by atoms with van der Waals surface area (Å²) in [5.41, 5.74) is 1.41. The van der Waals surface area contributed by atoms with Crippen molar-refractivity contribution in [2.75, 3.05) is 0 Å². The lowest BCUT2D eigenvalue weighted by Crippen LogP contribution is -1.90. The Labute approximate surface area is 116 Å². The fourth-order valence-electron chi connectivity index (χ4n) is 1.66. The molecule has 1 N–H and O–H groups in total. The molecule has 1 aromatic carbocycles. The Morgan fingerprint density at radius 1 is 1.37 bits per heavy atom. The predicted octanol–water partition coefficient (Wildman–Crippen LogP) is 2.61. The Bertz CT molecular complexity index is 735. The van der Waals surface area contributed by atoms with E-state index in [1.807, 2.05) is 7.05 Å². The van der Waals surface area contributed by atoms with Gasteiger partial charge in [0.2, 0.25) is 5.82 Å². The molecule has 0 aliphatic rings. The molecule has 2 aromatic heterocycles. The summed E-state index contributed by atoms with van der Waals surface area (Å²) < 4.78 is 7.61. The number of benzene rings is 1. The molecule has 0 unspecified atom stereocenters. The summed E-state index contributed by atoms with van der Waals surface area (Å²) in [5, 5.41) is 13.6. The average molecular weight is 321 g/mol. The second-order valence-electron chi connectivity index (χ2n) is 3.98. The number of nitrogens with zero attached hydrogens (tertiary/aromatic N) is 4. The zero-order valence-corrected chi connectivity index (χ0v) is 11.5. The van der Waals surface area contributed by atoms with E-state index in [0.29, 0.717) is 21.8 Å². The molecular formula is C12H9BrN4O2. The van der Waals surface area contributed by atoms with Crippen molar-refractivity contribution in [3.05, 3.63) is 35.2 Å². The summed E-state index contributed by atoms with van der Waals surface area (Å²) in [6.45, 7) is 0. The second-order valence-corrected chi connectivity index (χ2v) is 4.83. The maximum Gasteiger partial charge on any atom is 0.258 e. The van der Waals surface area contributed by atoms with Crippen LogP contribution in [0.1, 0.15) is 0 Å².